The molecule has 25 heavy (non-hydrogen) atoms. The topological polar surface area (TPSA) is 98.5 Å². The molecule has 1 saturated heterocycles. The Morgan fingerprint density at radius 2 is 1.84 bits per heavy atom. The molecule has 2 heterocycles. The van der Waals surface area contributed by atoms with Crippen LogP contribution in [0.3, 0.4) is 0 Å². The summed E-state index contributed by atoms with van der Waals surface area (Å²) in [6.07, 6.45) is -0.250. The summed E-state index contributed by atoms with van der Waals surface area (Å²) in [7, 11) is 1.86. The van der Waals surface area contributed by atoms with E-state index in [2.05, 4.69) is 9.97 Å². The first kappa shape index (κ1) is 17.6. The number of rotatable bonds is 3. The van der Waals surface area contributed by atoms with Gasteiger partial charge in [-0.25, -0.2) is 9.59 Å². The molecule has 1 aromatic rings. The third-order valence-corrected chi connectivity index (χ3v) is 4.99. The van der Waals surface area contributed by atoms with Gasteiger partial charge in [0.2, 0.25) is 0 Å². The second kappa shape index (κ2) is 5.93. The van der Waals surface area contributed by atoms with Crippen LogP contribution in [0, 0.1) is 24.7 Å². The molecule has 1 unspecified atom stereocenters. The van der Waals surface area contributed by atoms with E-state index in [-0.39, 0.29) is 11.7 Å². The van der Waals surface area contributed by atoms with Crippen LogP contribution < -0.4 is 16.1 Å². The normalized spacial score (nSPS) is 24.8. The van der Waals surface area contributed by atoms with Gasteiger partial charge < -0.3 is 19.5 Å². The minimum absolute atomic E-state index is 0.250. The SMILES string of the molecule is Cc1[nH]c(=O)[nH]c(=O)c1N(C)CC1[C@H]2CN(C(=O)OC(C)(C)C)C[C@@H]12. The predicted molar refractivity (Wildman–Crippen MR) is 94.0 cm³/mol. The second-order valence-corrected chi connectivity index (χ2v) is 8.14. The number of carbonyl (C=O) groups is 1. The molecular formula is C17H26N4O4. The lowest BCUT2D eigenvalue weighted by Gasteiger charge is -2.27. The van der Waals surface area contributed by atoms with Crippen LogP contribution in [0.15, 0.2) is 9.59 Å². The van der Waals surface area contributed by atoms with Crippen LogP contribution in [-0.2, 0) is 4.74 Å². The Kier molecular flexibility index (Phi) is 4.17. The summed E-state index contributed by atoms with van der Waals surface area (Å²) in [6.45, 7) is 9.46. The molecule has 0 radical (unpaired) electrons. The third kappa shape index (κ3) is 3.57. The number of aromatic nitrogens is 2. The number of H-pyrrole nitrogens is 2. The Morgan fingerprint density at radius 3 is 2.36 bits per heavy atom. The fraction of sp³-hybridized carbons (Fsp3) is 0.706. The molecule has 1 saturated carbocycles. The summed E-state index contributed by atoms with van der Waals surface area (Å²) in [6, 6.07) is 0. The van der Waals surface area contributed by atoms with Gasteiger partial charge in [0.25, 0.3) is 5.56 Å². The molecular weight excluding hydrogens is 324 g/mol. The zero-order valence-corrected chi connectivity index (χ0v) is 15.4. The average Bonchev–Trinajstić information content (AvgIpc) is 2.89. The van der Waals surface area contributed by atoms with Gasteiger partial charge in [0.15, 0.2) is 0 Å². The van der Waals surface area contributed by atoms with Gasteiger partial charge in [-0.05, 0) is 45.4 Å². The number of piperidine rings is 1. The molecule has 0 bridgehead atoms. The van der Waals surface area contributed by atoms with Crippen molar-refractivity contribution >= 4 is 11.8 Å². The highest BCUT2D eigenvalue weighted by Gasteiger charge is 2.57. The Bertz CT molecular complexity index is 779. The van der Waals surface area contributed by atoms with Gasteiger partial charge in [-0.15, -0.1) is 0 Å². The average molecular weight is 350 g/mol. The molecule has 2 N–H and O–H groups in total. The molecule has 1 aromatic heterocycles. The number of nitrogens with zero attached hydrogens (tertiary/aromatic N) is 2. The van der Waals surface area contributed by atoms with Gasteiger partial charge in [0.05, 0.1) is 0 Å². The molecule has 0 spiro atoms. The van der Waals surface area contributed by atoms with Gasteiger partial charge >= 0.3 is 11.8 Å². The van der Waals surface area contributed by atoms with Crippen LogP contribution in [0.25, 0.3) is 0 Å². The summed E-state index contributed by atoms with van der Waals surface area (Å²) < 4.78 is 5.42. The lowest BCUT2D eigenvalue weighted by Crippen LogP contribution is -2.38. The van der Waals surface area contributed by atoms with E-state index in [1.54, 1.807) is 11.8 Å². The molecule has 138 valence electrons. The van der Waals surface area contributed by atoms with Crippen molar-refractivity contribution in [3.8, 4) is 0 Å². The van der Waals surface area contributed by atoms with E-state index in [0.29, 0.717) is 42.2 Å². The van der Waals surface area contributed by atoms with Crippen molar-refractivity contribution in [2.45, 2.75) is 33.3 Å². The smallest absolute Gasteiger partial charge is 0.410 e. The standard InChI is InChI=1S/C17H26N4O4/c1-9-13(14(22)19-15(23)18-9)20(5)6-10-11-7-21(8-12(10)11)16(24)25-17(2,3)4/h10-12H,6-8H2,1-5H3,(H2,18,19,22,23)/t10?,11-,12+. The summed E-state index contributed by atoms with van der Waals surface area (Å²) in [5.41, 5.74) is -0.279. The second-order valence-electron chi connectivity index (χ2n) is 8.14. The highest BCUT2D eigenvalue weighted by molar-refractivity contribution is 5.69. The number of hydrogen-bond acceptors (Lipinski definition) is 5. The molecule has 0 aromatic carbocycles. The van der Waals surface area contributed by atoms with Crippen molar-refractivity contribution < 1.29 is 9.53 Å². The van der Waals surface area contributed by atoms with Crippen molar-refractivity contribution in [1.82, 2.24) is 14.9 Å². The molecule has 3 atom stereocenters. The number of aryl methyl sites for hydroxylation is 1. The van der Waals surface area contributed by atoms with Crippen molar-refractivity contribution in [3.63, 3.8) is 0 Å². The molecule has 1 amide bonds. The minimum Gasteiger partial charge on any atom is -0.444 e. The van der Waals surface area contributed by atoms with Crippen molar-refractivity contribution in [1.29, 1.82) is 0 Å². The fourth-order valence-corrected chi connectivity index (χ4v) is 3.86. The maximum atomic E-state index is 12.1. The monoisotopic (exact) mass is 350 g/mol. The van der Waals surface area contributed by atoms with Crippen LogP contribution in [0.5, 0.6) is 0 Å². The van der Waals surface area contributed by atoms with Crippen LogP contribution >= 0.6 is 0 Å². The fourth-order valence-electron chi connectivity index (χ4n) is 3.86. The van der Waals surface area contributed by atoms with Gasteiger partial charge in [-0.3, -0.25) is 9.78 Å². The molecule has 2 fully saturated rings. The number of carbonyl (C=O) groups excluding carboxylic acids is 1. The summed E-state index contributed by atoms with van der Waals surface area (Å²) >= 11 is 0. The third-order valence-electron chi connectivity index (χ3n) is 4.99. The number of aromatic amines is 2. The van der Waals surface area contributed by atoms with Gasteiger partial charge in [0.1, 0.15) is 11.3 Å². The largest absolute Gasteiger partial charge is 0.444 e. The first-order chi connectivity index (χ1) is 11.6. The molecule has 8 heteroatoms. The Labute approximate surface area is 146 Å². The van der Waals surface area contributed by atoms with E-state index in [0.717, 1.165) is 6.54 Å². The van der Waals surface area contributed by atoms with E-state index in [1.807, 2.05) is 32.7 Å². The lowest BCUT2D eigenvalue weighted by molar-refractivity contribution is 0.0266. The lowest BCUT2D eigenvalue weighted by atomic mass is 10.2. The Morgan fingerprint density at radius 1 is 1.24 bits per heavy atom. The van der Waals surface area contributed by atoms with Gasteiger partial charge in [0, 0.05) is 32.4 Å². The number of anilines is 1. The highest BCUT2D eigenvalue weighted by atomic mass is 16.6. The van der Waals surface area contributed by atoms with Crippen LogP contribution in [0.4, 0.5) is 10.5 Å². The van der Waals surface area contributed by atoms with Crippen molar-refractivity contribution in [2.75, 3.05) is 31.6 Å². The summed E-state index contributed by atoms with van der Waals surface area (Å²) in [4.78, 5) is 44.0. The number of ether oxygens (including phenoxy) is 1. The Hall–Kier alpha value is -2.25. The maximum absolute atomic E-state index is 12.1. The van der Waals surface area contributed by atoms with Gasteiger partial charge in [-0.1, -0.05) is 0 Å². The van der Waals surface area contributed by atoms with Crippen LogP contribution in [0.1, 0.15) is 26.5 Å². The van der Waals surface area contributed by atoms with Crippen molar-refractivity contribution in [3.05, 3.63) is 26.5 Å². The number of nitrogens with one attached hydrogen (secondary N) is 2. The number of likely N-dealkylation sites (tertiary alicyclic amines) is 1. The van der Waals surface area contributed by atoms with Crippen LogP contribution in [0.2, 0.25) is 0 Å². The van der Waals surface area contributed by atoms with Crippen molar-refractivity contribution in [2.24, 2.45) is 17.8 Å². The van der Waals surface area contributed by atoms with E-state index >= 15 is 0 Å². The molecule has 1 aliphatic carbocycles. The van der Waals surface area contributed by atoms with E-state index < -0.39 is 11.3 Å². The number of amides is 1. The highest BCUT2D eigenvalue weighted by Crippen LogP contribution is 2.52. The molecule has 1 aliphatic heterocycles. The molecule has 8 nitrogen and oxygen atoms in total. The first-order valence-electron chi connectivity index (χ1n) is 8.59. The first-order valence-corrected chi connectivity index (χ1v) is 8.59. The van der Waals surface area contributed by atoms with E-state index in [1.165, 1.54) is 0 Å². The van der Waals surface area contributed by atoms with E-state index in [9.17, 15) is 14.4 Å². The molecule has 3 rings (SSSR count). The quantitative estimate of drug-likeness (QED) is 0.845. The zero-order chi connectivity index (χ0) is 18.5. The minimum atomic E-state index is -0.490. The summed E-state index contributed by atoms with van der Waals surface area (Å²) in [5, 5.41) is 0. The molecule has 2 aliphatic rings. The van der Waals surface area contributed by atoms with E-state index in [4.69, 9.17) is 4.74 Å². The zero-order valence-electron chi connectivity index (χ0n) is 15.4. The van der Waals surface area contributed by atoms with Gasteiger partial charge in [-0.2, -0.15) is 0 Å². The Balaban J connectivity index is 1.58. The predicted octanol–water partition coefficient (Wildman–Crippen LogP) is 0.921. The number of hydrogen-bond donors (Lipinski definition) is 2. The number of fused-ring (bicyclic) bond motifs is 1. The summed E-state index contributed by atoms with van der Waals surface area (Å²) in [5.74, 6) is 1.36. The maximum Gasteiger partial charge on any atom is 0.410 e. The van der Waals surface area contributed by atoms with Crippen LogP contribution in [-0.4, -0.2) is 53.2 Å².